The molecule has 1 saturated heterocycles. The molecule has 1 heterocycles. The summed E-state index contributed by atoms with van der Waals surface area (Å²) in [4.78, 5) is 4.15. The van der Waals surface area contributed by atoms with Gasteiger partial charge in [-0.2, -0.15) is 4.31 Å². The van der Waals surface area contributed by atoms with Crippen LogP contribution in [0.15, 0.2) is 4.99 Å². The molecule has 0 aromatic heterocycles. The summed E-state index contributed by atoms with van der Waals surface area (Å²) >= 11 is 0. The third kappa shape index (κ3) is 8.87. The average Bonchev–Trinajstić information content (AvgIpc) is 2.53. The lowest BCUT2D eigenvalue weighted by molar-refractivity contribution is -0.0440. The molecule has 0 spiro atoms. The van der Waals surface area contributed by atoms with Gasteiger partial charge in [-0.05, 0) is 19.8 Å². The molecule has 7 nitrogen and oxygen atoms in total. The van der Waals surface area contributed by atoms with Gasteiger partial charge < -0.3 is 15.4 Å². The Bertz CT molecular complexity index is 488. The minimum absolute atomic E-state index is 0. The number of nitrogens with one attached hydrogen (secondary N) is 2. The highest BCUT2D eigenvalue weighted by Crippen LogP contribution is 2.14. The summed E-state index contributed by atoms with van der Waals surface area (Å²) in [5.41, 5.74) is 0. The molecule has 0 aliphatic carbocycles. The van der Waals surface area contributed by atoms with E-state index < -0.39 is 10.0 Å². The summed E-state index contributed by atoms with van der Waals surface area (Å²) < 4.78 is 32.1. The number of nitrogens with zero attached hydrogens (tertiary/aromatic N) is 2. The van der Waals surface area contributed by atoms with E-state index in [4.69, 9.17) is 4.74 Å². The standard InChI is InChI=1S/C16H34N4O3S.HI/c1-6-15(7-2)10-19-16(17-5)18-8-9-24(21,22)20-11-13(3)23-14(4)12-20;/h13-15H,6-12H2,1-5H3,(H2,17,18,19);1H. The lowest BCUT2D eigenvalue weighted by Gasteiger charge is -2.34. The number of ether oxygens (including phenoxy) is 1. The van der Waals surface area contributed by atoms with Crippen LogP contribution >= 0.6 is 24.0 Å². The lowest BCUT2D eigenvalue weighted by Crippen LogP contribution is -2.50. The molecule has 0 radical (unpaired) electrons. The predicted octanol–water partition coefficient (Wildman–Crippen LogP) is 1.64. The molecule has 1 aliphatic heterocycles. The van der Waals surface area contributed by atoms with Crippen LogP contribution < -0.4 is 10.6 Å². The first-order chi connectivity index (χ1) is 11.3. The van der Waals surface area contributed by atoms with Crippen LogP contribution in [0.5, 0.6) is 0 Å². The number of morpholine rings is 1. The van der Waals surface area contributed by atoms with Crippen molar-refractivity contribution in [1.29, 1.82) is 0 Å². The third-order valence-corrected chi connectivity index (χ3v) is 6.17. The molecule has 1 rings (SSSR count). The van der Waals surface area contributed by atoms with Crippen LogP contribution in [-0.2, 0) is 14.8 Å². The van der Waals surface area contributed by atoms with Crippen molar-refractivity contribution in [2.24, 2.45) is 10.9 Å². The monoisotopic (exact) mass is 490 g/mol. The highest BCUT2D eigenvalue weighted by atomic mass is 127. The Morgan fingerprint density at radius 2 is 1.76 bits per heavy atom. The second-order valence-corrected chi connectivity index (χ2v) is 8.54. The molecular formula is C16H35IN4O3S. The maximum absolute atomic E-state index is 12.5. The number of aliphatic imine (C=N–C) groups is 1. The minimum Gasteiger partial charge on any atom is -0.373 e. The molecule has 1 aliphatic rings. The average molecular weight is 490 g/mol. The zero-order chi connectivity index (χ0) is 18.2. The van der Waals surface area contributed by atoms with Crippen molar-refractivity contribution in [3.05, 3.63) is 0 Å². The van der Waals surface area contributed by atoms with Gasteiger partial charge in [-0.15, -0.1) is 24.0 Å². The zero-order valence-corrected chi connectivity index (χ0v) is 19.3. The van der Waals surface area contributed by atoms with Crippen molar-refractivity contribution in [3.8, 4) is 0 Å². The van der Waals surface area contributed by atoms with Gasteiger partial charge >= 0.3 is 0 Å². The van der Waals surface area contributed by atoms with Gasteiger partial charge in [0, 0.05) is 33.2 Å². The minimum atomic E-state index is -3.29. The molecule has 150 valence electrons. The van der Waals surface area contributed by atoms with Crippen LogP contribution in [0.1, 0.15) is 40.5 Å². The van der Waals surface area contributed by atoms with Gasteiger partial charge in [0.15, 0.2) is 5.96 Å². The summed E-state index contributed by atoms with van der Waals surface area (Å²) in [7, 11) is -1.59. The van der Waals surface area contributed by atoms with Crippen molar-refractivity contribution in [2.45, 2.75) is 52.7 Å². The zero-order valence-electron chi connectivity index (χ0n) is 16.1. The van der Waals surface area contributed by atoms with Gasteiger partial charge in [0.1, 0.15) is 0 Å². The first-order valence-electron chi connectivity index (χ1n) is 8.90. The molecule has 0 saturated carbocycles. The maximum Gasteiger partial charge on any atom is 0.216 e. The molecule has 9 heteroatoms. The maximum atomic E-state index is 12.5. The van der Waals surface area contributed by atoms with Gasteiger partial charge in [-0.3, -0.25) is 4.99 Å². The second-order valence-electron chi connectivity index (χ2n) is 6.45. The Hall–Kier alpha value is -0.130. The Morgan fingerprint density at radius 3 is 2.24 bits per heavy atom. The van der Waals surface area contributed by atoms with E-state index >= 15 is 0 Å². The third-order valence-electron chi connectivity index (χ3n) is 4.37. The van der Waals surface area contributed by atoms with E-state index in [1.165, 1.54) is 4.31 Å². The van der Waals surface area contributed by atoms with Gasteiger partial charge in [-0.25, -0.2) is 8.42 Å². The fourth-order valence-electron chi connectivity index (χ4n) is 2.82. The van der Waals surface area contributed by atoms with Crippen LogP contribution in [0.4, 0.5) is 0 Å². The SMILES string of the molecule is CCC(CC)CNC(=NC)NCCS(=O)(=O)N1CC(C)OC(C)C1.I. The molecule has 1 fully saturated rings. The van der Waals surface area contributed by atoms with Crippen molar-refractivity contribution in [1.82, 2.24) is 14.9 Å². The van der Waals surface area contributed by atoms with Gasteiger partial charge in [0.05, 0.1) is 18.0 Å². The summed E-state index contributed by atoms with van der Waals surface area (Å²) in [6, 6.07) is 0. The van der Waals surface area contributed by atoms with E-state index in [-0.39, 0.29) is 41.9 Å². The number of sulfonamides is 1. The van der Waals surface area contributed by atoms with E-state index in [2.05, 4.69) is 29.5 Å². The predicted molar refractivity (Wildman–Crippen MR) is 114 cm³/mol. The summed E-state index contributed by atoms with van der Waals surface area (Å²) in [6.07, 6.45) is 2.10. The first kappa shape index (κ1) is 24.9. The molecule has 0 amide bonds. The molecule has 2 N–H and O–H groups in total. The summed E-state index contributed by atoms with van der Waals surface area (Å²) in [5, 5.41) is 6.35. The number of hydrogen-bond acceptors (Lipinski definition) is 4. The molecule has 0 aromatic carbocycles. The van der Waals surface area contributed by atoms with Crippen LogP contribution in [0, 0.1) is 5.92 Å². The second kappa shape index (κ2) is 12.3. The molecule has 0 bridgehead atoms. The highest BCUT2D eigenvalue weighted by Gasteiger charge is 2.30. The van der Waals surface area contributed by atoms with E-state index in [0.29, 0.717) is 31.5 Å². The fourth-order valence-corrected chi connectivity index (χ4v) is 4.32. The van der Waals surface area contributed by atoms with Crippen LogP contribution in [0.3, 0.4) is 0 Å². The van der Waals surface area contributed by atoms with Crippen molar-refractivity contribution in [2.75, 3.05) is 39.0 Å². The highest BCUT2D eigenvalue weighted by molar-refractivity contribution is 14.0. The lowest BCUT2D eigenvalue weighted by atomic mass is 10.0. The van der Waals surface area contributed by atoms with Crippen molar-refractivity contribution < 1.29 is 13.2 Å². The van der Waals surface area contributed by atoms with Crippen molar-refractivity contribution in [3.63, 3.8) is 0 Å². The fraction of sp³-hybridized carbons (Fsp3) is 0.938. The Balaban J connectivity index is 0.00000576. The van der Waals surface area contributed by atoms with E-state index in [1.54, 1.807) is 7.05 Å². The van der Waals surface area contributed by atoms with E-state index in [0.717, 1.165) is 19.4 Å². The largest absolute Gasteiger partial charge is 0.373 e. The van der Waals surface area contributed by atoms with Gasteiger partial charge in [-0.1, -0.05) is 26.7 Å². The Morgan fingerprint density at radius 1 is 1.20 bits per heavy atom. The number of hydrogen-bond donors (Lipinski definition) is 2. The molecule has 2 unspecified atom stereocenters. The summed E-state index contributed by atoms with van der Waals surface area (Å²) in [5.74, 6) is 1.31. The topological polar surface area (TPSA) is 83.0 Å². The number of rotatable bonds is 8. The van der Waals surface area contributed by atoms with E-state index in [1.807, 2.05) is 13.8 Å². The first-order valence-corrected chi connectivity index (χ1v) is 10.5. The van der Waals surface area contributed by atoms with Gasteiger partial charge in [0.25, 0.3) is 0 Å². The molecule has 2 atom stereocenters. The normalized spacial score (nSPS) is 22.6. The quantitative estimate of drug-likeness (QED) is 0.307. The number of halogens is 1. The molecular weight excluding hydrogens is 455 g/mol. The van der Waals surface area contributed by atoms with Crippen LogP contribution in [0.25, 0.3) is 0 Å². The smallest absolute Gasteiger partial charge is 0.216 e. The van der Waals surface area contributed by atoms with Crippen LogP contribution in [-0.4, -0.2) is 69.9 Å². The van der Waals surface area contributed by atoms with E-state index in [9.17, 15) is 8.42 Å². The van der Waals surface area contributed by atoms with Crippen molar-refractivity contribution >= 4 is 40.0 Å². The van der Waals surface area contributed by atoms with Gasteiger partial charge in [0.2, 0.25) is 10.0 Å². The Labute approximate surface area is 170 Å². The molecule has 25 heavy (non-hydrogen) atoms. The molecule has 0 aromatic rings. The van der Waals surface area contributed by atoms with Crippen LogP contribution in [0.2, 0.25) is 0 Å². The number of guanidine groups is 1. The summed E-state index contributed by atoms with van der Waals surface area (Å²) in [6.45, 7) is 10.2. The Kier molecular flexibility index (Phi) is 12.2.